The summed E-state index contributed by atoms with van der Waals surface area (Å²) in [5.74, 6) is 1.31. The minimum absolute atomic E-state index is 0.262. The highest BCUT2D eigenvalue weighted by Crippen LogP contribution is 2.21. The Kier molecular flexibility index (Phi) is 5.50. The highest BCUT2D eigenvalue weighted by Gasteiger charge is 2.24. The van der Waals surface area contributed by atoms with Crippen molar-refractivity contribution in [3.63, 3.8) is 0 Å². The number of halogens is 1. The molecule has 0 aliphatic carbocycles. The van der Waals surface area contributed by atoms with E-state index in [1.807, 2.05) is 4.90 Å². The van der Waals surface area contributed by atoms with Gasteiger partial charge in [0, 0.05) is 44.8 Å². The molecule has 0 atom stereocenters. The lowest BCUT2D eigenvalue weighted by molar-refractivity contribution is -0.131. The van der Waals surface area contributed by atoms with E-state index >= 15 is 0 Å². The summed E-state index contributed by atoms with van der Waals surface area (Å²) in [6.07, 6.45) is 3.96. The van der Waals surface area contributed by atoms with E-state index in [1.54, 1.807) is 18.3 Å². The van der Waals surface area contributed by atoms with Crippen molar-refractivity contribution >= 4 is 5.91 Å². The second-order valence-electron chi connectivity index (χ2n) is 7.27. The number of piperazine rings is 1. The number of amides is 1. The maximum atomic E-state index is 13.0. The van der Waals surface area contributed by atoms with Crippen LogP contribution in [0.4, 0.5) is 4.39 Å². The van der Waals surface area contributed by atoms with E-state index in [0.717, 1.165) is 57.7 Å². The van der Waals surface area contributed by atoms with Gasteiger partial charge < -0.3 is 9.32 Å². The quantitative estimate of drug-likeness (QED) is 0.806. The lowest BCUT2D eigenvalue weighted by atomic mass is 10.2. The highest BCUT2D eigenvalue weighted by atomic mass is 19.1. The molecule has 2 aromatic rings. The molecule has 6 nitrogen and oxygen atoms in total. The largest absolute Gasteiger partial charge is 0.439 e. The molecule has 2 saturated heterocycles. The molecule has 1 aromatic carbocycles. The summed E-state index contributed by atoms with van der Waals surface area (Å²) < 4.78 is 18.9. The van der Waals surface area contributed by atoms with Gasteiger partial charge >= 0.3 is 0 Å². The Hall–Kier alpha value is -2.25. The molecule has 2 aliphatic rings. The van der Waals surface area contributed by atoms with Crippen molar-refractivity contribution < 1.29 is 13.6 Å². The molecular formula is C20H25FN4O2. The van der Waals surface area contributed by atoms with Crippen molar-refractivity contribution in [2.24, 2.45) is 0 Å². The first kappa shape index (κ1) is 18.1. The fourth-order valence-electron chi connectivity index (χ4n) is 3.69. The number of aromatic nitrogens is 1. The Bertz CT molecular complexity index is 763. The maximum absolute atomic E-state index is 13.0. The number of hydrogen-bond acceptors (Lipinski definition) is 5. The van der Waals surface area contributed by atoms with Crippen molar-refractivity contribution in [1.82, 2.24) is 19.7 Å². The molecule has 1 aromatic heterocycles. The molecule has 2 fully saturated rings. The van der Waals surface area contributed by atoms with Gasteiger partial charge in [0.2, 0.25) is 11.8 Å². The molecule has 0 N–H and O–H groups in total. The third kappa shape index (κ3) is 4.54. The van der Waals surface area contributed by atoms with Crippen molar-refractivity contribution in [2.45, 2.75) is 19.4 Å². The Morgan fingerprint density at radius 2 is 1.67 bits per heavy atom. The van der Waals surface area contributed by atoms with E-state index in [1.165, 1.54) is 12.1 Å². The molecule has 0 spiro atoms. The molecule has 144 valence electrons. The van der Waals surface area contributed by atoms with Gasteiger partial charge in [-0.25, -0.2) is 9.37 Å². The van der Waals surface area contributed by atoms with Crippen LogP contribution in [-0.4, -0.2) is 71.4 Å². The van der Waals surface area contributed by atoms with Crippen LogP contribution in [0.25, 0.3) is 11.3 Å². The lowest BCUT2D eigenvalue weighted by Crippen LogP contribution is -2.49. The van der Waals surface area contributed by atoms with Crippen LogP contribution >= 0.6 is 0 Å². The second kappa shape index (κ2) is 8.19. The Morgan fingerprint density at radius 1 is 1.00 bits per heavy atom. The zero-order valence-corrected chi connectivity index (χ0v) is 15.4. The van der Waals surface area contributed by atoms with Gasteiger partial charge in [0.05, 0.1) is 19.3 Å². The summed E-state index contributed by atoms with van der Waals surface area (Å²) in [6.45, 7) is 6.55. The van der Waals surface area contributed by atoms with E-state index in [-0.39, 0.29) is 11.7 Å². The van der Waals surface area contributed by atoms with Gasteiger partial charge in [0.15, 0.2) is 5.76 Å². The van der Waals surface area contributed by atoms with E-state index in [0.29, 0.717) is 24.7 Å². The van der Waals surface area contributed by atoms with Crippen LogP contribution in [0.1, 0.15) is 18.7 Å². The Labute approximate surface area is 158 Å². The molecule has 7 heteroatoms. The van der Waals surface area contributed by atoms with Crippen molar-refractivity contribution in [2.75, 3.05) is 45.8 Å². The van der Waals surface area contributed by atoms with Crippen LogP contribution in [0.2, 0.25) is 0 Å². The molecule has 0 radical (unpaired) electrons. The zero-order valence-electron chi connectivity index (χ0n) is 15.4. The van der Waals surface area contributed by atoms with E-state index in [4.69, 9.17) is 4.42 Å². The van der Waals surface area contributed by atoms with Gasteiger partial charge in [-0.1, -0.05) is 0 Å². The molecular weight excluding hydrogens is 347 g/mol. The molecule has 1 amide bonds. The summed E-state index contributed by atoms with van der Waals surface area (Å²) in [4.78, 5) is 23.1. The first-order chi connectivity index (χ1) is 13.2. The second-order valence-corrected chi connectivity index (χ2v) is 7.27. The van der Waals surface area contributed by atoms with Crippen molar-refractivity contribution in [3.05, 3.63) is 42.2 Å². The third-order valence-corrected chi connectivity index (χ3v) is 5.32. The van der Waals surface area contributed by atoms with Gasteiger partial charge in [-0.15, -0.1) is 0 Å². The average molecular weight is 372 g/mol. The Morgan fingerprint density at radius 3 is 2.37 bits per heavy atom. The average Bonchev–Trinajstić information content (AvgIpc) is 3.36. The van der Waals surface area contributed by atoms with Crippen molar-refractivity contribution in [3.8, 4) is 11.3 Å². The standard InChI is InChI=1S/C20H25FN4O2/c21-17-5-3-16(4-6-17)18-13-22-19(27-18)14-23-9-11-24(12-10-23)15-20(26)25-7-1-2-8-25/h3-6,13H,1-2,7-12,14-15H2. The van der Waals surface area contributed by atoms with Gasteiger partial charge in [0.25, 0.3) is 0 Å². The molecule has 3 heterocycles. The first-order valence-corrected chi connectivity index (χ1v) is 9.60. The number of oxazole rings is 1. The predicted molar refractivity (Wildman–Crippen MR) is 99.4 cm³/mol. The van der Waals surface area contributed by atoms with Gasteiger partial charge in [0.1, 0.15) is 5.82 Å². The summed E-state index contributed by atoms with van der Waals surface area (Å²) in [5, 5.41) is 0. The molecule has 4 rings (SSSR count). The summed E-state index contributed by atoms with van der Waals surface area (Å²) in [5.41, 5.74) is 0.820. The fraction of sp³-hybridized carbons (Fsp3) is 0.500. The third-order valence-electron chi connectivity index (χ3n) is 5.32. The monoisotopic (exact) mass is 372 g/mol. The van der Waals surface area contributed by atoms with Crippen LogP contribution in [0, 0.1) is 5.82 Å². The number of likely N-dealkylation sites (tertiary alicyclic amines) is 1. The number of carbonyl (C=O) groups is 1. The molecule has 2 aliphatic heterocycles. The number of hydrogen-bond donors (Lipinski definition) is 0. The van der Waals surface area contributed by atoms with Crippen LogP contribution in [-0.2, 0) is 11.3 Å². The number of benzene rings is 1. The fourth-order valence-corrected chi connectivity index (χ4v) is 3.69. The number of rotatable bonds is 5. The maximum Gasteiger partial charge on any atom is 0.236 e. The minimum Gasteiger partial charge on any atom is -0.439 e. The highest BCUT2D eigenvalue weighted by molar-refractivity contribution is 5.78. The van der Waals surface area contributed by atoms with E-state index in [9.17, 15) is 9.18 Å². The van der Waals surface area contributed by atoms with Crippen molar-refractivity contribution in [1.29, 1.82) is 0 Å². The topological polar surface area (TPSA) is 52.8 Å². The molecule has 0 unspecified atom stereocenters. The van der Waals surface area contributed by atoms with E-state index in [2.05, 4.69) is 14.8 Å². The summed E-state index contributed by atoms with van der Waals surface area (Å²) in [7, 11) is 0. The Balaban J connectivity index is 1.26. The number of nitrogens with zero attached hydrogens (tertiary/aromatic N) is 4. The minimum atomic E-state index is -0.264. The summed E-state index contributed by atoms with van der Waals surface area (Å²) in [6, 6.07) is 6.21. The van der Waals surface area contributed by atoms with Crippen LogP contribution in [0.3, 0.4) is 0 Å². The van der Waals surface area contributed by atoms with E-state index < -0.39 is 0 Å². The summed E-state index contributed by atoms with van der Waals surface area (Å²) >= 11 is 0. The van der Waals surface area contributed by atoms with Gasteiger partial charge in [-0.2, -0.15) is 0 Å². The van der Waals surface area contributed by atoms with Crippen LogP contribution in [0.15, 0.2) is 34.9 Å². The van der Waals surface area contributed by atoms with Crippen LogP contribution < -0.4 is 0 Å². The first-order valence-electron chi connectivity index (χ1n) is 9.60. The molecule has 0 bridgehead atoms. The van der Waals surface area contributed by atoms with Gasteiger partial charge in [-0.05, 0) is 37.1 Å². The van der Waals surface area contributed by atoms with Gasteiger partial charge in [-0.3, -0.25) is 14.6 Å². The predicted octanol–water partition coefficient (Wildman–Crippen LogP) is 2.22. The molecule has 27 heavy (non-hydrogen) atoms. The smallest absolute Gasteiger partial charge is 0.236 e. The molecule has 0 saturated carbocycles. The lowest BCUT2D eigenvalue weighted by Gasteiger charge is -2.34. The van der Waals surface area contributed by atoms with Crippen LogP contribution in [0.5, 0.6) is 0 Å². The normalized spacial score (nSPS) is 18.9. The SMILES string of the molecule is O=C(CN1CCN(Cc2ncc(-c3ccc(F)cc3)o2)CC1)N1CCCC1. The number of carbonyl (C=O) groups excluding carboxylic acids is 1. The zero-order chi connectivity index (χ0) is 18.6.